The quantitative estimate of drug-likeness (QED) is 0.685. The zero-order valence-corrected chi connectivity index (χ0v) is 6.27. The predicted molar refractivity (Wildman–Crippen MR) is 44.1 cm³/mol. The van der Waals surface area contributed by atoms with E-state index in [2.05, 4.69) is 9.97 Å². The first-order valence-corrected chi connectivity index (χ1v) is 3.48. The van der Waals surface area contributed by atoms with Crippen LogP contribution in [0, 0.1) is 0 Å². The lowest BCUT2D eigenvalue weighted by molar-refractivity contribution is 0.574. The summed E-state index contributed by atoms with van der Waals surface area (Å²) in [5, 5.41) is 0. The Morgan fingerprint density at radius 2 is 2.17 bits per heavy atom. The number of hydrogen-bond donors (Lipinski definition) is 1. The van der Waals surface area contributed by atoms with E-state index in [1.807, 2.05) is 6.07 Å². The van der Waals surface area contributed by atoms with Gasteiger partial charge in [0.15, 0.2) is 0 Å². The number of pyridine rings is 1. The molecule has 4 nitrogen and oxygen atoms in total. The third-order valence-electron chi connectivity index (χ3n) is 1.50. The Hall–Kier alpha value is -1.84. The van der Waals surface area contributed by atoms with Crippen LogP contribution in [0.4, 0.5) is 5.82 Å². The molecule has 2 N–H and O–H groups in total. The molecule has 0 unspecified atom stereocenters. The molecule has 60 valence electrons. The minimum Gasteiger partial charge on any atom is -0.444 e. The number of rotatable bonds is 1. The highest BCUT2D eigenvalue weighted by Gasteiger charge is 2.05. The summed E-state index contributed by atoms with van der Waals surface area (Å²) in [4.78, 5) is 7.87. The molecule has 0 saturated carbocycles. The van der Waals surface area contributed by atoms with E-state index in [0.29, 0.717) is 11.7 Å². The molecule has 0 aliphatic carbocycles. The van der Waals surface area contributed by atoms with E-state index in [1.165, 1.54) is 6.26 Å². The Kier molecular flexibility index (Phi) is 1.51. The van der Waals surface area contributed by atoms with Crippen molar-refractivity contribution in [2.24, 2.45) is 0 Å². The van der Waals surface area contributed by atoms with Gasteiger partial charge in [-0.2, -0.15) is 0 Å². The van der Waals surface area contributed by atoms with Crippen LogP contribution in [0.1, 0.15) is 0 Å². The van der Waals surface area contributed by atoms with Crippen LogP contribution < -0.4 is 5.73 Å². The van der Waals surface area contributed by atoms with Gasteiger partial charge < -0.3 is 10.2 Å². The number of nitrogens with two attached hydrogens (primary N) is 1. The molecule has 0 aliphatic heterocycles. The second-order valence-corrected chi connectivity index (χ2v) is 2.27. The van der Waals surface area contributed by atoms with Gasteiger partial charge in [0.2, 0.25) is 5.89 Å². The van der Waals surface area contributed by atoms with Crippen molar-refractivity contribution in [3.63, 3.8) is 0 Å². The monoisotopic (exact) mass is 161 g/mol. The Morgan fingerprint density at radius 3 is 2.83 bits per heavy atom. The van der Waals surface area contributed by atoms with Crippen LogP contribution in [0.25, 0.3) is 11.5 Å². The number of anilines is 1. The minimum absolute atomic E-state index is 0.431. The van der Waals surface area contributed by atoms with E-state index in [9.17, 15) is 0 Å². The second kappa shape index (κ2) is 2.65. The molecule has 0 aromatic carbocycles. The molecule has 2 heterocycles. The first-order valence-electron chi connectivity index (χ1n) is 3.48. The second-order valence-electron chi connectivity index (χ2n) is 2.27. The standard InChI is InChI=1S/C8H7N3O/c9-7-6(2-1-3-10-7)8-11-4-5-12-8/h1-5H,(H2,9,10). The van der Waals surface area contributed by atoms with Gasteiger partial charge in [-0.25, -0.2) is 9.97 Å². The molecule has 2 aromatic heterocycles. The summed E-state index contributed by atoms with van der Waals surface area (Å²) in [5.74, 6) is 0.931. The van der Waals surface area contributed by atoms with Crippen LogP contribution in [0.5, 0.6) is 0 Å². The van der Waals surface area contributed by atoms with Gasteiger partial charge in [0.25, 0.3) is 0 Å². The van der Waals surface area contributed by atoms with E-state index in [0.717, 1.165) is 5.56 Å². The Bertz CT molecular complexity index is 370. The molecule has 0 atom stereocenters. The van der Waals surface area contributed by atoms with Gasteiger partial charge in [-0.15, -0.1) is 0 Å². The van der Waals surface area contributed by atoms with Crippen molar-refractivity contribution in [3.8, 4) is 11.5 Å². The summed E-state index contributed by atoms with van der Waals surface area (Å²) in [6.07, 6.45) is 4.70. The van der Waals surface area contributed by atoms with E-state index in [-0.39, 0.29) is 0 Å². The van der Waals surface area contributed by atoms with Crippen molar-refractivity contribution < 1.29 is 4.42 Å². The molecule has 0 spiro atoms. The van der Waals surface area contributed by atoms with Crippen molar-refractivity contribution in [1.29, 1.82) is 0 Å². The highest BCUT2D eigenvalue weighted by molar-refractivity contribution is 5.66. The molecular formula is C8H7N3O. The Morgan fingerprint density at radius 1 is 1.25 bits per heavy atom. The number of nitrogen functional groups attached to an aromatic ring is 1. The van der Waals surface area contributed by atoms with Gasteiger partial charge >= 0.3 is 0 Å². The summed E-state index contributed by atoms with van der Waals surface area (Å²) < 4.78 is 5.07. The number of nitrogens with zero attached hydrogens (tertiary/aromatic N) is 2. The lowest BCUT2D eigenvalue weighted by Gasteiger charge is -1.97. The van der Waals surface area contributed by atoms with Gasteiger partial charge in [0, 0.05) is 6.20 Å². The molecule has 0 aliphatic rings. The maximum absolute atomic E-state index is 5.60. The fourth-order valence-electron chi connectivity index (χ4n) is 0.955. The number of aromatic nitrogens is 2. The van der Waals surface area contributed by atoms with Crippen molar-refractivity contribution in [1.82, 2.24) is 9.97 Å². The molecule has 0 amide bonds. The Labute approximate surface area is 69.1 Å². The van der Waals surface area contributed by atoms with Crippen LogP contribution in [-0.2, 0) is 0 Å². The predicted octanol–water partition coefficient (Wildman–Crippen LogP) is 1.32. The highest BCUT2D eigenvalue weighted by atomic mass is 16.3. The maximum Gasteiger partial charge on any atom is 0.229 e. The average molecular weight is 161 g/mol. The first kappa shape index (κ1) is 6.84. The van der Waals surface area contributed by atoms with Crippen LogP contribution in [0.15, 0.2) is 35.2 Å². The molecule has 0 fully saturated rings. The smallest absolute Gasteiger partial charge is 0.229 e. The summed E-state index contributed by atoms with van der Waals surface area (Å²) in [6.45, 7) is 0. The number of hydrogen-bond acceptors (Lipinski definition) is 4. The summed E-state index contributed by atoms with van der Waals surface area (Å²) in [7, 11) is 0. The first-order chi connectivity index (χ1) is 5.88. The number of oxazole rings is 1. The summed E-state index contributed by atoms with van der Waals surface area (Å²) >= 11 is 0. The molecular weight excluding hydrogens is 154 g/mol. The SMILES string of the molecule is Nc1ncccc1-c1ncco1. The van der Waals surface area contributed by atoms with E-state index < -0.39 is 0 Å². The van der Waals surface area contributed by atoms with E-state index in [4.69, 9.17) is 10.2 Å². The van der Waals surface area contributed by atoms with Crippen LogP contribution in [-0.4, -0.2) is 9.97 Å². The topological polar surface area (TPSA) is 64.9 Å². The molecule has 2 rings (SSSR count). The van der Waals surface area contributed by atoms with Crippen molar-refractivity contribution >= 4 is 5.82 Å². The van der Waals surface area contributed by atoms with Gasteiger partial charge in [-0.1, -0.05) is 0 Å². The van der Waals surface area contributed by atoms with Crippen LogP contribution >= 0.6 is 0 Å². The average Bonchev–Trinajstić information content (AvgIpc) is 2.57. The summed E-state index contributed by atoms with van der Waals surface area (Å²) in [6, 6.07) is 3.60. The molecule has 0 radical (unpaired) electrons. The minimum atomic E-state index is 0.431. The highest BCUT2D eigenvalue weighted by Crippen LogP contribution is 2.20. The molecule has 4 heteroatoms. The summed E-state index contributed by atoms with van der Waals surface area (Å²) in [5.41, 5.74) is 6.33. The molecule has 2 aromatic rings. The fraction of sp³-hybridized carbons (Fsp3) is 0. The van der Waals surface area contributed by atoms with Gasteiger partial charge in [-0.3, -0.25) is 0 Å². The largest absolute Gasteiger partial charge is 0.444 e. The van der Waals surface area contributed by atoms with Crippen molar-refractivity contribution in [2.45, 2.75) is 0 Å². The van der Waals surface area contributed by atoms with Gasteiger partial charge in [0.05, 0.1) is 11.8 Å². The van der Waals surface area contributed by atoms with Crippen LogP contribution in [0.3, 0.4) is 0 Å². The molecule has 0 bridgehead atoms. The van der Waals surface area contributed by atoms with E-state index in [1.54, 1.807) is 18.5 Å². The van der Waals surface area contributed by atoms with Gasteiger partial charge in [-0.05, 0) is 12.1 Å². The maximum atomic E-state index is 5.60. The van der Waals surface area contributed by atoms with Crippen molar-refractivity contribution in [3.05, 3.63) is 30.8 Å². The van der Waals surface area contributed by atoms with Gasteiger partial charge in [0.1, 0.15) is 12.1 Å². The zero-order valence-electron chi connectivity index (χ0n) is 6.27. The van der Waals surface area contributed by atoms with E-state index >= 15 is 0 Å². The Balaban J connectivity index is 2.55. The third-order valence-corrected chi connectivity index (χ3v) is 1.50. The lowest BCUT2D eigenvalue weighted by Crippen LogP contribution is -1.92. The van der Waals surface area contributed by atoms with Crippen molar-refractivity contribution in [2.75, 3.05) is 5.73 Å². The fourth-order valence-corrected chi connectivity index (χ4v) is 0.955. The van der Waals surface area contributed by atoms with Crippen LogP contribution in [0.2, 0.25) is 0 Å². The molecule has 12 heavy (non-hydrogen) atoms. The zero-order chi connectivity index (χ0) is 8.39. The third kappa shape index (κ3) is 1.03. The molecule has 0 saturated heterocycles. The normalized spacial score (nSPS) is 10.0. The lowest BCUT2D eigenvalue weighted by atomic mass is 10.2.